The van der Waals surface area contributed by atoms with Gasteiger partial charge in [-0.1, -0.05) is 24.3 Å². The van der Waals surface area contributed by atoms with Gasteiger partial charge in [0.05, 0.1) is 11.6 Å². The van der Waals surface area contributed by atoms with Crippen LogP contribution in [0.1, 0.15) is 29.0 Å². The molecule has 198 valence electrons. The zero-order chi connectivity index (χ0) is 27.7. The number of fused-ring (bicyclic) bond motifs is 3. The fourth-order valence-corrected chi connectivity index (χ4v) is 6.42. The molecule has 0 heterocycles. The summed E-state index contributed by atoms with van der Waals surface area (Å²) >= 11 is 0. The summed E-state index contributed by atoms with van der Waals surface area (Å²) in [5, 5.41) is 47.2. The number of amides is 1. The summed E-state index contributed by atoms with van der Waals surface area (Å²) in [5.41, 5.74) is -2.63. The van der Waals surface area contributed by atoms with E-state index in [0.717, 1.165) is 0 Å². The Kier molecular flexibility index (Phi) is 5.92. The molecule has 1 amide bonds. The van der Waals surface area contributed by atoms with E-state index in [0.29, 0.717) is 11.1 Å². The third-order valence-electron chi connectivity index (χ3n) is 8.04. The molecule has 38 heavy (non-hydrogen) atoms. The molecule has 0 saturated heterocycles. The SMILES string of the molecule is CNC(=O)C1=C(O)[C@@]2(O)C(=O)C3=C(O)c4c(O)cccc4[C@@H](c4ccc(F)cc4)[C@H]3C[C@H]2[C@H](N(C)C)C1=O. The zero-order valence-corrected chi connectivity index (χ0v) is 20.9. The normalized spacial score (nSPS) is 28.7. The third kappa shape index (κ3) is 3.33. The van der Waals surface area contributed by atoms with Crippen LogP contribution in [0.15, 0.2) is 59.4 Å². The van der Waals surface area contributed by atoms with E-state index >= 15 is 0 Å². The van der Waals surface area contributed by atoms with Gasteiger partial charge in [0, 0.05) is 30.4 Å². The van der Waals surface area contributed by atoms with Crippen molar-refractivity contribution in [3.8, 4) is 5.75 Å². The fraction of sp³-hybridized carbons (Fsp3) is 0.321. The van der Waals surface area contributed by atoms with E-state index in [2.05, 4.69) is 5.32 Å². The van der Waals surface area contributed by atoms with Gasteiger partial charge in [-0.3, -0.25) is 19.3 Å². The van der Waals surface area contributed by atoms with Crippen LogP contribution < -0.4 is 5.32 Å². The predicted molar refractivity (Wildman–Crippen MR) is 134 cm³/mol. The van der Waals surface area contributed by atoms with Crippen LogP contribution in [0.2, 0.25) is 0 Å². The first kappa shape index (κ1) is 25.6. The van der Waals surface area contributed by atoms with Gasteiger partial charge >= 0.3 is 0 Å². The molecule has 5 atom stereocenters. The number of aliphatic hydroxyl groups is 3. The van der Waals surface area contributed by atoms with Crippen molar-refractivity contribution in [2.45, 2.75) is 24.0 Å². The second kappa shape index (κ2) is 8.78. The second-order valence-corrected chi connectivity index (χ2v) is 10.2. The first-order valence-electron chi connectivity index (χ1n) is 12.1. The van der Waals surface area contributed by atoms with Crippen molar-refractivity contribution in [3.05, 3.63) is 81.9 Å². The van der Waals surface area contributed by atoms with Crippen LogP contribution in [0.3, 0.4) is 0 Å². The molecule has 2 aromatic carbocycles. The minimum Gasteiger partial charge on any atom is -0.508 e. The molecule has 5 rings (SSSR count). The number of aliphatic hydroxyl groups excluding tert-OH is 2. The van der Waals surface area contributed by atoms with Gasteiger partial charge < -0.3 is 25.7 Å². The monoisotopic (exact) mass is 522 g/mol. The number of hydrogen-bond donors (Lipinski definition) is 5. The first-order valence-corrected chi connectivity index (χ1v) is 12.1. The Morgan fingerprint density at radius 3 is 2.34 bits per heavy atom. The predicted octanol–water partition coefficient (Wildman–Crippen LogP) is 1.95. The maximum absolute atomic E-state index is 14.2. The molecule has 0 spiro atoms. The van der Waals surface area contributed by atoms with E-state index in [1.807, 2.05) is 0 Å². The van der Waals surface area contributed by atoms with E-state index in [9.17, 15) is 39.2 Å². The van der Waals surface area contributed by atoms with E-state index < -0.39 is 69.8 Å². The number of carbonyl (C=O) groups is 3. The molecular weight excluding hydrogens is 495 g/mol. The highest BCUT2D eigenvalue weighted by atomic mass is 19.1. The Bertz CT molecular complexity index is 1450. The number of Topliss-reactive ketones (excluding diaryl/α,β-unsaturated/α-hetero) is 2. The van der Waals surface area contributed by atoms with E-state index in [4.69, 9.17) is 0 Å². The standard InChI is InChI=1S/C28H27FN2O7/c1-30-27(37)21-24(34)22(31(2)3)16-11-15-18(12-7-9-13(29)10-8-12)14-5-4-6-17(32)19(14)23(33)20(15)25(35)28(16,38)26(21)36/h4-10,15-16,18,22,32-33,36,38H,11H2,1-3H3,(H,30,37)/t15-,16+,18-,22+,28+/m1/s1. The average molecular weight is 523 g/mol. The number of phenolic OH excluding ortho intramolecular Hbond substituents is 1. The van der Waals surface area contributed by atoms with Gasteiger partial charge in [-0.2, -0.15) is 0 Å². The largest absolute Gasteiger partial charge is 0.508 e. The Hall–Kier alpha value is -4.02. The van der Waals surface area contributed by atoms with Crippen molar-refractivity contribution in [2.75, 3.05) is 21.1 Å². The number of hydrogen-bond acceptors (Lipinski definition) is 8. The summed E-state index contributed by atoms with van der Waals surface area (Å²) in [6.45, 7) is 0. The summed E-state index contributed by atoms with van der Waals surface area (Å²) in [7, 11) is 4.37. The van der Waals surface area contributed by atoms with Crippen molar-refractivity contribution in [2.24, 2.45) is 11.8 Å². The Balaban J connectivity index is 1.81. The van der Waals surface area contributed by atoms with Gasteiger partial charge in [-0.05, 0) is 49.8 Å². The molecule has 5 N–H and O–H groups in total. The smallest absolute Gasteiger partial charge is 0.258 e. The lowest BCUT2D eigenvalue weighted by Crippen LogP contribution is -2.66. The number of halogens is 1. The van der Waals surface area contributed by atoms with Crippen LogP contribution >= 0.6 is 0 Å². The highest BCUT2D eigenvalue weighted by Crippen LogP contribution is 2.57. The molecule has 1 saturated carbocycles. The summed E-state index contributed by atoms with van der Waals surface area (Å²) in [6, 6.07) is 9.03. The molecular formula is C28H27FN2O7. The summed E-state index contributed by atoms with van der Waals surface area (Å²) in [6.07, 6.45) is -0.0571. The number of carbonyl (C=O) groups excluding carboxylic acids is 3. The molecule has 0 aliphatic heterocycles. The van der Waals surface area contributed by atoms with E-state index in [1.165, 1.54) is 42.3 Å². The summed E-state index contributed by atoms with van der Waals surface area (Å²) in [4.78, 5) is 41.7. The average Bonchev–Trinajstić information content (AvgIpc) is 2.87. The highest BCUT2D eigenvalue weighted by molar-refractivity contribution is 6.25. The molecule has 9 nitrogen and oxygen atoms in total. The number of rotatable bonds is 3. The van der Waals surface area contributed by atoms with Gasteiger partial charge in [-0.15, -0.1) is 0 Å². The van der Waals surface area contributed by atoms with Gasteiger partial charge in [0.1, 0.15) is 28.7 Å². The molecule has 1 fully saturated rings. The maximum atomic E-state index is 14.2. The molecule has 0 aromatic heterocycles. The van der Waals surface area contributed by atoms with Crippen molar-refractivity contribution < 1.29 is 39.2 Å². The Morgan fingerprint density at radius 1 is 1.08 bits per heavy atom. The minimum absolute atomic E-state index is 0.0190. The van der Waals surface area contributed by atoms with Crippen LogP contribution in [0, 0.1) is 17.7 Å². The van der Waals surface area contributed by atoms with Gasteiger partial charge in [0.15, 0.2) is 11.4 Å². The Labute approximate surface area is 217 Å². The molecule has 3 aliphatic carbocycles. The molecule has 0 unspecified atom stereocenters. The number of aromatic hydroxyl groups is 1. The lowest BCUT2D eigenvalue weighted by molar-refractivity contribution is -0.154. The Morgan fingerprint density at radius 2 is 1.74 bits per heavy atom. The number of likely N-dealkylation sites (N-methyl/N-ethyl adjacent to an activating group) is 2. The molecule has 2 aromatic rings. The van der Waals surface area contributed by atoms with Crippen LogP contribution in [0.4, 0.5) is 4.39 Å². The summed E-state index contributed by atoms with van der Waals surface area (Å²) < 4.78 is 13.8. The van der Waals surface area contributed by atoms with Crippen LogP contribution in [-0.4, -0.2) is 75.6 Å². The molecule has 10 heteroatoms. The molecule has 3 aliphatic rings. The van der Waals surface area contributed by atoms with Crippen LogP contribution in [0.5, 0.6) is 5.75 Å². The lowest BCUT2D eigenvalue weighted by atomic mass is 9.54. The fourth-order valence-electron chi connectivity index (χ4n) is 6.42. The highest BCUT2D eigenvalue weighted by Gasteiger charge is 2.65. The van der Waals surface area contributed by atoms with Crippen molar-refractivity contribution >= 4 is 23.2 Å². The number of phenols is 1. The molecule has 0 bridgehead atoms. The van der Waals surface area contributed by atoms with Crippen LogP contribution in [-0.2, 0) is 14.4 Å². The maximum Gasteiger partial charge on any atom is 0.258 e. The van der Waals surface area contributed by atoms with Gasteiger partial charge in [-0.25, -0.2) is 4.39 Å². The van der Waals surface area contributed by atoms with Crippen molar-refractivity contribution in [3.63, 3.8) is 0 Å². The number of benzene rings is 2. The van der Waals surface area contributed by atoms with Crippen molar-refractivity contribution in [1.82, 2.24) is 10.2 Å². The van der Waals surface area contributed by atoms with E-state index in [1.54, 1.807) is 26.2 Å². The topological polar surface area (TPSA) is 147 Å². The number of nitrogens with one attached hydrogen (secondary N) is 1. The quantitative estimate of drug-likeness (QED) is 0.385. The number of nitrogens with zero attached hydrogens (tertiary/aromatic N) is 1. The van der Waals surface area contributed by atoms with E-state index in [-0.39, 0.29) is 23.3 Å². The molecule has 0 radical (unpaired) electrons. The van der Waals surface area contributed by atoms with Crippen molar-refractivity contribution in [1.29, 1.82) is 0 Å². The lowest BCUT2D eigenvalue weighted by Gasteiger charge is -2.51. The van der Waals surface area contributed by atoms with Crippen LogP contribution in [0.25, 0.3) is 5.76 Å². The summed E-state index contributed by atoms with van der Waals surface area (Å²) in [5.74, 6) is -7.87. The first-order chi connectivity index (χ1) is 17.9. The third-order valence-corrected chi connectivity index (χ3v) is 8.04. The minimum atomic E-state index is -2.69. The van der Waals surface area contributed by atoms with Gasteiger partial charge in [0.25, 0.3) is 5.91 Å². The zero-order valence-electron chi connectivity index (χ0n) is 20.9. The van der Waals surface area contributed by atoms with Gasteiger partial charge in [0.2, 0.25) is 5.78 Å². The second-order valence-electron chi connectivity index (χ2n) is 10.2. The number of ketones is 2.